The normalized spacial score (nSPS) is 16.5. The maximum atomic E-state index is 13.2. The Bertz CT molecular complexity index is 996. The molecule has 1 aliphatic heterocycles. The van der Waals surface area contributed by atoms with Gasteiger partial charge in [-0.05, 0) is 31.0 Å². The molecule has 3 aromatic heterocycles. The van der Waals surface area contributed by atoms with Crippen LogP contribution in [0.3, 0.4) is 0 Å². The van der Waals surface area contributed by atoms with Crippen LogP contribution in [-0.4, -0.2) is 56.7 Å². The number of hydrogen-bond acceptors (Lipinski definition) is 6. The third-order valence-corrected chi connectivity index (χ3v) is 4.82. The first-order valence-corrected chi connectivity index (χ1v) is 9.05. The average molecular weight is 382 g/mol. The second-order valence-electron chi connectivity index (χ2n) is 6.61. The van der Waals surface area contributed by atoms with Gasteiger partial charge in [0.15, 0.2) is 6.61 Å². The van der Waals surface area contributed by atoms with E-state index in [0.29, 0.717) is 34.6 Å². The molecule has 1 saturated heterocycles. The summed E-state index contributed by atoms with van der Waals surface area (Å²) in [5, 5.41) is 10.1. The Morgan fingerprint density at radius 3 is 2.96 bits per heavy atom. The number of likely N-dealkylation sites (tertiary alicyclic amines) is 1. The predicted octanol–water partition coefficient (Wildman–Crippen LogP) is 2.19. The Kier molecular flexibility index (Phi) is 5.12. The third-order valence-electron chi connectivity index (χ3n) is 4.82. The van der Waals surface area contributed by atoms with E-state index in [1.54, 1.807) is 29.4 Å². The van der Waals surface area contributed by atoms with Gasteiger partial charge in [-0.25, -0.2) is 9.37 Å². The zero-order chi connectivity index (χ0) is 19.5. The van der Waals surface area contributed by atoms with Gasteiger partial charge in [-0.15, -0.1) is 0 Å². The zero-order valence-electron chi connectivity index (χ0n) is 15.1. The Labute approximate surface area is 160 Å². The Hall–Kier alpha value is -3.13. The molecule has 7 nitrogen and oxygen atoms in total. The van der Waals surface area contributed by atoms with Crippen LogP contribution in [0.1, 0.15) is 12.8 Å². The van der Waals surface area contributed by atoms with Crippen LogP contribution in [-0.2, 0) is 4.79 Å². The van der Waals surface area contributed by atoms with Gasteiger partial charge in [0.1, 0.15) is 11.6 Å². The van der Waals surface area contributed by atoms with Gasteiger partial charge in [0, 0.05) is 25.0 Å². The molecule has 0 aromatic carbocycles. The summed E-state index contributed by atoms with van der Waals surface area (Å²) in [6.45, 7) is 0.422. The maximum Gasteiger partial charge on any atom is 0.260 e. The number of aromatic nitrogens is 3. The minimum atomic E-state index is -0.431. The molecule has 144 valence electrons. The van der Waals surface area contributed by atoms with E-state index in [9.17, 15) is 14.3 Å². The van der Waals surface area contributed by atoms with E-state index in [-0.39, 0.29) is 25.2 Å². The van der Waals surface area contributed by atoms with Gasteiger partial charge < -0.3 is 14.7 Å². The maximum absolute atomic E-state index is 13.2. The molecular formula is C20H19FN4O3. The van der Waals surface area contributed by atoms with Gasteiger partial charge in [-0.3, -0.25) is 14.8 Å². The van der Waals surface area contributed by atoms with Crippen molar-refractivity contribution in [3.05, 3.63) is 48.7 Å². The molecule has 1 unspecified atom stereocenters. The highest BCUT2D eigenvalue weighted by molar-refractivity contribution is 5.87. The van der Waals surface area contributed by atoms with Crippen LogP contribution >= 0.6 is 0 Å². The van der Waals surface area contributed by atoms with E-state index >= 15 is 0 Å². The number of carbonyl (C=O) groups excluding carboxylic acids is 1. The average Bonchev–Trinajstić information content (AvgIpc) is 3.21. The lowest BCUT2D eigenvalue weighted by atomic mass is 10.2. The molecule has 1 aliphatic rings. The minimum absolute atomic E-state index is 0.0474. The summed E-state index contributed by atoms with van der Waals surface area (Å²) < 4.78 is 19.0. The van der Waals surface area contributed by atoms with Crippen molar-refractivity contribution in [2.24, 2.45) is 0 Å². The number of carbonyl (C=O) groups is 1. The molecule has 1 fully saturated rings. The smallest absolute Gasteiger partial charge is 0.260 e. The van der Waals surface area contributed by atoms with Crippen LogP contribution in [0.4, 0.5) is 4.39 Å². The fourth-order valence-corrected chi connectivity index (χ4v) is 3.39. The first kappa shape index (κ1) is 18.2. The quantitative estimate of drug-likeness (QED) is 0.728. The van der Waals surface area contributed by atoms with E-state index in [4.69, 9.17) is 4.74 Å². The molecule has 0 saturated carbocycles. The molecule has 28 heavy (non-hydrogen) atoms. The second kappa shape index (κ2) is 7.85. The van der Waals surface area contributed by atoms with Crippen molar-refractivity contribution < 1.29 is 19.0 Å². The Morgan fingerprint density at radius 1 is 1.29 bits per heavy atom. The molecule has 8 heteroatoms. The molecule has 4 rings (SSSR count). The summed E-state index contributed by atoms with van der Waals surface area (Å²) in [5.74, 6) is -0.154. The highest BCUT2D eigenvalue weighted by Crippen LogP contribution is 2.29. The monoisotopic (exact) mass is 382 g/mol. The third kappa shape index (κ3) is 3.63. The molecule has 0 radical (unpaired) electrons. The highest BCUT2D eigenvalue weighted by atomic mass is 19.1. The van der Waals surface area contributed by atoms with Gasteiger partial charge in [0.05, 0.1) is 41.1 Å². The number of aliphatic hydroxyl groups is 1. The first-order chi connectivity index (χ1) is 13.7. The second-order valence-corrected chi connectivity index (χ2v) is 6.61. The molecule has 0 spiro atoms. The fourth-order valence-electron chi connectivity index (χ4n) is 3.39. The molecule has 4 heterocycles. The number of nitrogens with zero attached hydrogens (tertiary/aromatic N) is 4. The number of aliphatic hydroxyl groups excluding tert-OH is 1. The number of rotatable bonds is 5. The number of hydrogen-bond donors (Lipinski definition) is 1. The molecule has 3 aromatic rings. The molecule has 1 atom stereocenters. The van der Waals surface area contributed by atoms with Crippen LogP contribution < -0.4 is 4.74 Å². The summed E-state index contributed by atoms with van der Waals surface area (Å²) in [7, 11) is 0. The van der Waals surface area contributed by atoms with Crippen molar-refractivity contribution in [2.45, 2.75) is 18.9 Å². The first-order valence-electron chi connectivity index (χ1n) is 9.05. The highest BCUT2D eigenvalue weighted by Gasteiger charge is 2.28. The van der Waals surface area contributed by atoms with Gasteiger partial charge in [-0.2, -0.15) is 0 Å². The van der Waals surface area contributed by atoms with Crippen molar-refractivity contribution in [3.8, 4) is 17.1 Å². The summed E-state index contributed by atoms with van der Waals surface area (Å²) in [6.07, 6.45) is 6.03. The lowest BCUT2D eigenvalue weighted by molar-refractivity contribution is -0.134. The Balaban J connectivity index is 1.62. The van der Waals surface area contributed by atoms with Crippen molar-refractivity contribution in [2.75, 3.05) is 19.8 Å². The molecular weight excluding hydrogens is 363 g/mol. The lowest BCUT2D eigenvalue weighted by Gasteiger charge is -2.23. The van der Waals surface area contributed by atoms with Crippen LogP contribution in [0, 0.1) is 5.82 Å². The fraction of sp³-hybridized carbons (Fsp3) is 0.300. The van der Waals surface area contributed by atoms with E-state index in [1.807, 2.05) is 0 Å². The van der Waals surface area contributed by atoms with Crippen LogP contribution in [0.5, 0.6) is 5.75 Å². The summed E-state index contributed by atoms with van der Waals surface area (Å²) in [6, 6.07) is 6.11. The van der Waals surface area contributed by atoms with Gasteiger partial charge in [0.2, 0.25) is 0 Å². The number of fused-ring (bicyclic) bond motifs is 1. The van der Waals surface area contributed by atoms with Gasteiger partial charge in [-0.1, -0.05) is 0 Å². The topological polar surface area (TPSA) is 88.4 Å². The zero-order valence-corrected chi connectivity index (χ0v) is 15.1. The summed E-state index contributed by atoms with van der Waals surface area (Å²) in [4.78, 5) is 26.9. The Morgan fingerprint density at radius 2 is 2.18 bits per heavy atom. The van der Waals surface area contributed by atoms with E-state index in [1.165, 1.54) is 12.1 Å². The van der Waals surface area contributed by atoms with E-state index < -0.39 is 5.82 Å². The minimum Gasteiger partial charge on any atom is -0.483 e. The lowest BCUT2D eigenvalue weighted by Crippen LogP contribution is -2.40. The van der Waals surface area contributed by atoms with Crippen LogP contribution in [0.2, 0.25) is 0 Å². The molecule has 0 bridgehead atoms. The van der Waals surface area contributed by atoms with Gasteiger partial charge in [0.25, 0.3) is 5.91 Å². The van der Waals surface area contributed by atoms with Gasteiger partial charge >= 0.3 is 0 Å². The molecule has 1 amide bonds. The largest absolute Gasteiger partial charge is 0.483 e. The molecule has 1 N–H and O–H groups in total. The van der Waals surface area contributed by atoms with Crippen molar-refractivity contribution in [1.29, 1.82) is 0 Å². The van der Waals surface area contributed by atoms with Crippen LogP contribution in [0.15, 0.2) is 42.9 Å². The number of ether oxygens (including phenoxy) is 1. The number of halogens is 1. The van der Waals surface area contributed by atoms with Crippen LogP contribution in [0.25, 0.3) is 22.3 Å². The summed E-state index contributed by atoms with van der Waals surface area (Å²) >= 11 is 0. The predicted molar refractivity (Wildman–Crippen MR) is 100 cm³/mol. The van der Waals surface area contributed by atoms with E-state index in [2.05, 4.69) is 15.0 Å². The number of pyridine rings is 3. The van der Waals surface area contributed by atoms with Crippen molar-refractivity contribution in [3.63, 3.8) is 0 Å². The van der Waals surface area contributed by atoms with Crippen molar-refractivity contribution in [1.82, 2.24) is 19.9 Å². The SMILES string of the molecule is O=C(COc1cc(-c2ccc(F)cn2)nc2ccncc12)N1CCCC1CO. The summed E-state index contributed by atoms with van der Waals surface area (Å²) in [5.41, 5.74) is 1.64. The van der Waals surface area contributed by atoms with Crippen molar-refractivity contribution >= 4 is 16.8 Å². The number of amides is 1. The van der Waals surface area contributed by atoms with E-state index in [0.717, 1.165) is 19.0 Å². The molecule has 0 aliphatic carbocycles. The standard InChI is InChI=1S/C20H19FN4O3/c21-13-3-4-17(23-9-13)18-8-19(15-10-22-6-5-16(15)24-18)28-12-20(27)25-7-1-2-14(25)11-26/h3-6,8-10,14,26H,1-2,7,11-12H2.